The minimum Gasteiger partial charge on any atom is -0.444 e. The van der Waals surface area contributed by atoms with Crippen LogP contribution in [0, 0.1) is 5.92 Å². The van der Waals surface area contributed by atoms with Crippen LogP contribution in [0.4, 0.5) is 4.79 Å². The number of hydrogen-bond donors (Lipinski definition) is 2. The normalized spacial score (nSPS) is 26.2. The van der Waals surface area contributed by atoms with Crippen LogP contribution in [0.25, 0.3) is 0 Å². The molecule has 3 aliphatic rings. The molecule has 1 saturated heterocycles. The van der Waals surface area contributed by atoms with Crippen molar-refractivity contribution < 1.29 is 14.3 Å². The number of alkyl carbamates (subject to hydrolysis) is 1. The monoisotopic (exact) mass is 442 g/mol. The lowest BCUT2D eigenvalue weighted by Crippen LogP contribution is -2.59. The first-order valence-corrected chi connectivity index (χ1v) is 12.2. The Morgan fingerprint density at radius 3 is 2.50 bits per heavy atom. The number of aromatic nitrogens is 1. The molecule has 0 radical (unpaired) electrons. The molecule has 2 aliphatic carbocycles. The molecule has 3 fully saturated rings. The Morgan fingerprint density at radius 2 is 1.88 bits per heavy atom. The van der Waals surface area contributed by atoms with Crippen LogP contribution in [0.3, 0.4) is 0 Å². The highest BCUT2D eigenvalue weighted by molar-refractivity contribution is 5.82. The standard InChI is InChI=1S/C25H38N4O3/c1-24(2,3)32-23(31)27-20-12-16-29(18-9-5-4-6-10-18)17-19(20)22(30)28-25(13-14-25)21-11-7-8-15-26-21/h7-8,11,15,18-20H,4-6,9-10,12-14,16-17H2,1-3H3,(H,27,31)(H,28,30)/t19-,20-/m1/s1. The Bertz CT molecular complexity index is 797. The van der Waals surface area contributed by atoms with Crippen LogP contribution in [0.1, 0.15) is 77.8 Å². The summed E-state index contributed by atoms with van der Waals surface area (Å²) in [6.07, 6.45) is 10.1. The first kappa shape index (κ1) is 23.0. The number of ether oxygens (including phenoxy) is 1. The van der Waals surface area contributed by atoms with E-state index in [1.165, 1.54) is 32.1 Å². The average Bonchev–Trinajstić information content (AvgIpc) is 3.54. The zero-order chi connectivity index (χ0) is 22.8. The van der Waals surface area contributed by atoms with Gasteiger partial charge in [-0.2, -0.15) is 0 Å². The number of nitrogens with zero attached hydrogens (tertiary/aromatic N) is 2. The number of rotatable bonds is 5. The molecule has 4 rings (SSSR count). The Labute approximate surface area is 191 Å². The van der Waals surface area contributed by atoms with Gasteiger partial charge in [0.2, 0.25) is 5.91 Å². The van der Waals surface area contributed by atoms with Crippen molar-refractivity contribution in [1.82, 2.24) is 20.5 Å². The Balaban J connectivity index is 1.47. The summed E-state index contributed by atoms with van der Waals surface area (Å²) in [7, 11) is 0. The molecule has 2 atom stereocenters. The second-order valence-corrected chi connectivity index (χ2v) is 10.7. The first-order chi connectivity index (χ1) is 15.3. The second-order valence-electron chi connectivity index (χ2n) is 10.7. The fourth-order valence-electron chi connectivity index (χ4n) is 5.20. The smallest absolute Gasteiger partial charge is 0.407 e. The van der Waals surface area contributed by atoms with Crippen LogP contribution >= 0.6 is 0 Å². The number of carbonyl (C=O) groups excluding carboxylic acids is 2. The average molecular weight is 443 g/mol. The van der Waals surface area contributed by atoms with Gasteiger partial charge in [-0.15, -0.1) is 0 Å². The predicted molar refractivity (Wildman–Crippen MR) is 123 cm³/mol. The van der Waals surface area contributed by atoms with Crippen LogP contribution in [-0.2, 0) is 15.1 Å². The Morgan fingerprint density at radius 1 is 1.12 bits per heavy atom. The fourth-order valence-corrected chi connectivity index (χ4v) is 5.20. The SMILES string of the molecule is CC(C)(C)OC(=O)N[C@@H]1CCN(C2CCCCC2)C[C@H]1C(=O)NC1(c2ccccn2)CC1. The van der Waals surface area contributed by atoms with Crippen molar-refractivity contribution in [3.8, 4) is 0 Å². The molecule has 2 saturated carbocycles. The molecule has 1 aromatic heterocycles. The van der Waals surface area contributed by atoms with E-state index in [0.29, 0.717) is 12.6 Å². The van der Waals surface area contributed by atoms with Gasteiger partial charge in [-0.25, -0.2) is 4.79 Å². The number of likely N-dealkylation sites (tertiary alicyclic amines) is 1. The highest BCUT2D eigenvalue weighted by Gasteiger charge is 2.49. The minimum absolute atomic E-state index is 0.00900. The molecule has 7 nitrogen and oxygen atoms in total. The van der Waals surface area contributed by atoms with Gasteiger partial charge in [0.25, 0.3) is 0 Å². The highest BCUT2D eigenvalue weighted by atomic mass is 16.6. The third kappa shape index (κ3) is 5.61. The summed E-state index contributed by atoms with van der Waals surface area (Å²) in [5.74, 6) is -0.297. The van der Waals surface area contributed by atoms with Gasteiger partial charge in [0.05, 0.1) is 17.2 Å². The van der Waals surface area contributed by atoms with Gasteiger partial charge in [-0.3, -0.25) is 14.7 Å². The number of nitrogens with one attached hydrogen (secondary N) is 2. The molecule has 1 aromatic rings. The molecule has 2 heterocycles. The van der Waals surface area contributed by atoms with E-state index in [4.69, 9.17) is 4.74 Å². The van der Waals surface area contributed by atoms with Gasteiger partial charge in [0.1, 0.15) is 5.60 Å². The number of piperidine rings is 1. The van der Waals surface area contributed by atoms with Crippen molar-refractivity contribution in [2.75, 3.05) is 13.1 Å². The third-order valence-corrected chi connectivity index (χ3v) is 7.04. The summed E-state index contributed by atoms with van der Waals surface area (Å²) in [5, 5.41) is 6.32. The molecule has 176 valence electrons. The van der Waals surface area contributed by atoms with Crippen molar-refractivity contribution in [1.29, 1.82) is 0 Å². The first-order valence-electron chi connectivity index (χ1n) is 12.2. The molecule has 32 heavy (non-hydrogen) atoms. The zero-order valence-corrected chi connectivity index (χ0v) is 19.7. The van der Waals surface area contributed by atoms with Crippen LogP contribution in [0.2, 0.25) is 0 Å². The highest BCUT2D eigenvalue weighted by Crippen LogP contribution is 2.45. The van der Waals surface area contributed by atoms with Gasteiger partial charge in [0, 0.05) is 31.4 Å². The van der Waals surface area contributed by atoms with Crippen molar-refractivity contribution in [3.05, 3.63) is 30.1 Å². The van der Waals surface area contributed by atoms with Crippen LogP contribution in [0.15, 0.2) is 24.4 Å². The summed E-state index contributed by atoms with van der Waals surface area (Å²) in [5.41, 5.74) is -0.00572. The molecule has 0 spiro atoms. The molecule has 7 heteroatoms. The molecule has 0 aromatic carbocycles. The van der Waals surface area contributed by atoms with E-state index in [9.17, 15) is 9.59 Å². The maximum absolute atomic E-state index is 13.6. The number of hydrogen-bond acceptors (Lipinski definition) is 5. The van der Waals surface area contributed by atoms with Crippen molar-refractivity contribution in [3.63, 3.8) is 0 Å². The van der Waals surface area contributed by atoms with E-state index < -0.39 is 11.7 Å². The lowest BCUT2D eigenvalue weighted by Gasteiger charge is -2.43. The summed E-state index contributed by atoms with van der Waals surface area (Å²) < 4.78 is 5.49. The minimum atomic E-state index is -0.568. The van der Waals surface area contributed by atoms with E-state index in [1.54, 1.807) is 6.20 Å². The number of carbonyl (C=O) groups is 2. The van der Waals surface area contributed by atoms with Gasteiger partial charge >= 0.3 is 6.09 Å². The molecule has 2 amide bonds. The molecular weight excluding hydrogens is 404 g/mol. The third-order valence-electron chi connectivity index (χ3n) is 7.04. The molecule has 0 unspecified atom stereocenters. The van der Waals surface area contributed by atoms with E-state index in [2.05, 4.69) is 20.5 Å². The van der Waals surface area contributed by atoms with Gasteiger partial charge in [0.15, 0.2) is 0 Å². The molecule has 2 N–H and O–H groups in total. The van der Waals surface area contributed by atoms with Crippen molar-refractivity contribution in [2.45, 2.75) is 95.4 Å². The topological polar surface area (TPSA) is 83.6 Å². The number of pyridine rings is 1. The zero-order valence-electron chi connectivity index (χ0n) is 19.7. The van der Waals surface area contributed by atoms with Crippen LogP contribution < -0.4 is 10.6 Å². The van der Waals surface area contributed by atoms with Crippen LogP contribution in [-0.4, -0.2) is 52.7 Å². The van der Waals surface area contributed by atoms with Gasteiger partial charge < -0.3 is 15.4 Å². The lowest BCUT2D eigenvalue weighted by molar-refractivity contribution is -0.129. The molecule has 0 bridgehead atoms. The lowest BCUT2D eigenvalue weighted by atomic mass is 9.86. The number of amides is 2. The van der Waals surface area contributed by atoms with E-state index in [1.807, 2.05) is 39.0 Å². The van der Waals surface area contributed by atoms with Crippen molar-refractivity contribution >= 4 is 12.0 Å². The molecule has 1 aliphatic heterocycles. The summed E-state index contributed by atoms with van der Waals surface area (Å²) in [6, 6.07) is 6.16. The van der Waals surface area contributed by atoms with E-state index >= 15 is 0 Å². The maximum Gasteiger partial charge on any atom is 0.407 e. The van der Waals surface area contributed by atoms with E-state index in [0.717, 1.165) is 31.5 Å². The maximum atomic E-state index is 13.6. The summed E-state index contributed by atoms with van der Waals surface area (Å²) >= 11 is 0. The quantitative estimate of drug-likeness (QED) is 0.726. The Kier molecular flexibility index (Phi) is 6.75. The summed E-state index contributed by atoms with van der Waals surface area (Å²) in [6.45, 7) is 7.14. The summed E-state index contributed by atoms with van der Waals surface area (Å²) in [4.78, 5) is 33.1. The van der Waals surface area contributed by atoms with Crippen LogP contribution in [0.5, 0.6) is 0 Å². The molecular formula is C25H38N4O3. The van der Waals surface area contributed by atoms with Gasteiger partial charge in [-0.05, 0) is 65.0 Å². The van der Waals surface area contributed by atoms with E-state index in [-0.39, 0.29) is 23.4 Å². The predicted octanol–water partition coefficient (Wildman–Crippen LogP) is 3.73. The second kappa shape index (κ2) is 9.38. The largest absolute Gasteiger partial charge is 0.444 e. The van der Waals surface area contributed by atoms with Gasteiger partial charge in [-0.1, -0.05) is 25.3 Å². The Hall–Kier alpha value is -2.15. The van der Waals surface area contributed by atoms with Crippen molar-refractivity contribution in [2.24, 2.45) is 5.92 Å². The fraction of sp³-hybridized carbons (Fsp3) is 0.720.